The lowest BCUT2D eigenvalue weighted by Gasteiger charge is -2.24. The Labute approximate surface area is 217 Å². The van der Waals surface area contributed by atoms with Crippen LogP contribution < -0.4 is 20.7 Å². The normalized spacial score (nSPS) is 12.3. The van der Waals surface area contributed by atoms with Crippen molar-refractivity contribution in [2.45, 2.75) is 45.3 Å². The maximum absolute atomic E-state index is 13.4. The van der Waals surface area contributed by atoms with E-state index in [9.17, 15) is 14.4 Å². The van der Waals surface area contributed by atoms with Gasteiger partial charge in [0.2, 0.25) is 11.8 Å². The van der Waals surface area contributed by atoms with Crippen molar-refractivity contribution in [3.8, 4) is 5.75 Å². The summed E-state index contributed by atoms with van der Waals surface area (Å²) in [5.74, 6) is -0.386. The van der Waals surface area contributed by atoms with Gasteiger partial charge in [-0.2, -0.15) is 0 Å². The second-order valence-corrected chi connectivity index (χ2v) is 9.06. The molecule has 0 bridgehead atoms. The van der Waals surface area contributed by atoms with E-state index < -0.39 is 23.9 Å². The number of nitrogens with one attached hydrogen (secondary N) is 3. The molecule has 0 radical (unpaired) electrons. The number of amides is 3. The smallest absolute Gasteiger partial charge is 0.272 e. The molecule has 0 aliphatic rings. The molecular weight excluding hydrogens is 470 g/mol. The summed E-state index contributed by atoms with van der Waals surface area (Å²) in [5, 5.41) is 8.51. The highest BCUT2D eigenvalue weighted by Gasteiger charge is 2.28. The predicted molar refractivity (Wildman–Crippen MR) is 140 cm³/mol. The van der Waals surface area contributed by atoms with Crippen LogP contribution >= 0.6 is 0 Å². The van der Waals surface area contributed by atoms with Gasteiger partial charge >= 0.3 is 0 Å². The molecule has 9 heteroatoms. The van der Waals surface area contributed by atoms with Crippen LogP contribution in [-0.2, 0) is 22.6 Å². The molecule has 1 aromatic heterocycles. The molecule has 37 heavy (non-hydrogen) atoms. The quantitative estimate of drug-likeness (QED) is 0.349. The summed E-state index contributed by atoms with van der Waals surface area (Å²) >= 11 is 0. The number of ether oxygens (including phenoxy) is 1. The Morgan fingerprint density at radius 2 is 1.59 bits per heavy atom. The van der Waals surface area contributed by atoms with Crippen LogP contribution in [0, 0.1) is 5.92 Å². The highest BCUT2D eigenvalue weighted by atomic mass is 16.5. The van der Waals surface area contributed by atoms with Crippen LogP contribution in [0.5, 0.6) is 5.75 Å². The first-order valence-corrected chi connectivity index (χ1v) is 12.2. The number of hydrogen-bond acceptors (Lipinski definition) is 6. The van der Waals surface area contributed by atoms with Crippen LogP contribution in [0.25, 0.3) is 0 Å². The van der Waals surface area contributed by atoms with Crippen LogP contribution in [0.15, 0.2) is 73.2 Å². The molecule has 194 valence electrons. The molecule has 1 heterocycles. The Morgan fingerprint density at radius 1 is 0.865 bits per heavy atom. The Kier molecular flexibility index (Phi) is 10.1. The number of carbonyl (C=O) groups excluding carboxylic acids is 3. The minimum Gasteiger partial charge on any atom is -0.497 e. The van der Waals surface area contributed by atoms with Gasteiger partial charge in [0.1, 0.15) is 23.5 Å². The fourth-order valence-electron chi connectivity index (χ4n) is 3.74. The molecule has 0 saturated carbocycles. The van der Waals surface area contributed by atoms with Crippen molar-refractivity contribution < 1.29 is 19.1 Å². The lowest BCUT2D eigenvalue weighted by molar-refractivity contribution is -0.130. The summed E-state index contributed by atoms with van der Waals surface area (Å²) in [7, 11) is 1.59. The molecule has 0 aliphatic heterocycles. The molecule has 0 saturated heterocycles. The fraction of sp³-hybridized carbons (Fsp3) is 0.321. The zero-order valence-electron chi connectivity index (χ0n) is 21.3. The van der Waals surface area contributed by atoms with Crippen molar-refractivity contribution >= 4 is 17.7 Å². The van der Waals surface area contributed by atoms with Crippen LogP contribution in [0.4, 0.5) is 0 Å². The largest absolute Gasteiger partial charge is 0.497 e. The van der Waals surface area contributed by atoms with Gasteiger partial charge in [0, 0.05) is 25.4 Å². The lowest BCUT2D eigenvalue weighted by Crippen LogP contribution is -2.54. The lowest BCUT2D eigenvalue weighted by atomic mass is 10.0. The van der Waals surface area contributed by atoms with E-state index in [-0.39, 0.29) is 23.9 Å². The van der Waals surface area contributed by atoms with Crippen molar-refractivity contribution in [1.29, 1.82) is 0 Å². The standard InChI is InChI=1S/C28H33N5O4/c1-19(2)15-23(26(34)31-17-21-9-11-22(37-3)12-10-21)32-27(35)24(16-20-7-5-4-6-8-20)33-28(36)25-18-29-13-14-30-25/h4-14,18-19,23-24H,15-17H2,1-3H3,(H,31,34)(H,32,35)(H,33,36)/t23-,24-/m0/s1. The monoisotopic (exact) mass is 503 g/mol. The van der Waals surface area contributed by atoms with Crippen LogP contribution in [-0.4, -0.2) is 46.9 Å². The van der Waals surface area contributed by atoms with Gasteiger partial charge in [-0.1, -0.05) is 56.3 Å². The first-order chi connectivity index (χ1) is 17.9. The van der Waals surface area contributed by atoms with Crippen molar-refractivity contribution in [3.63, 3.8) is 0 Å². The number of hydrogen-bond donors (Lipinski definition) is 3. The number of benzene rings is 2. The molecule has 2 atom stereocenters. The van der Waals surface area contributed by atoms with Crippen molar-refractivity contribution in [3.05, 3.63) is 90.0 Å². The van der Waals surface area contributed by atoms with Crippen molar-refractivity contribution in [2.24, 2.45) is 5.92 Å². The average Bonchev–Trinajstić information content (AvgIpc) is 2.92. The summed E-state index contributed by atoms with van der Waals surface area (Å²) in [6, 6.07) is 15.1. The molecule has 3 N–H and O–H groups in total. The van der Waals surface area contributed by atoms with Gasteiger partial charge < -0.3 is 20.7 Å². The third kappa shape index (κ3) is 8.71. The fourth-order valence-corrected chi connectivity index (χ4v) is 3.74. The summed E-state index contributed by atoms with van der Waals surface area (Å²) in [4.78, 5) is 47.2. The Hall–Kier alpha value is -4.27. The first kappa shape index (κ1) is 27.3. The zero-order valence-corrected chi connectivity index (χ0v) is 21.3. The number of carbonyl (C=O) groups is 3. The van der Waals surface area contributed by atoms with Crippen LogP contribution in [0.2, 0.25) is 0 Å². The predicted octanol–water partition coefficient (Wildman–Crippen LogP) is 2.67. The number of aromatic nitrogens is 2. The van der Waals surface area contributed by atoms with Gasteiger partial charge in [0.05, 0.1) is 13.3 Å². The van der Waals surface area contributed by atoms with Crippen molar-refractivity contribution in [1.82, 2.24) is 25.9 Å². The van der Waals surface area contributed by atoms with Gasteiger partial charge in [-0.05, 0) is 35.6 Å². The molecule has 2 aromatic carbocycles. The van der Waals surface area contributed by atoms with E-state index in [1.807, 2.05) is 68.4 Å². The number of nitrogens with zero attached hydrogens (tertiary/aromatic N) is 2. The summed E-state index contributed by atoms with van der Waals surface area (Å²) in [5.41, 5.74) is 1.87. The van der Waals surface area contributed by atoms with Gasteiger partial charge in [-0.3, -0.25) is 19.4 Å². The Balaban J connectivity index is 1.72. The SMILES string of the molecule is COc1ccc(CNC(=O)[C@H](CC(C)C)NC(=O)[C@H](Cc2ccccc2)NC(=O)c2cnccn2)cc1. The number of rotatable bonds is 12. The molecule has 3 amide bonds. The van der Waals surface area contributed by atoms with E-state index in [1.54, 1.807) is 7.11 Å². The molecule has 3 aromatic rings. The number of methoxy groups -OCH3 is 1. The molecule has 0 unspecified atom stereocenters. The topological polar surface area (TPSA) is 122 Å². The third-order valence-electron chi connectivity index (χ3n) is 5.67. The van der Waals surface area contributed by atoms with Gasteiger partial charge in [-0.25, -0.2) is 4.98 Å². The maximum Gasteiger partial charge on any atom is 0.272 e. The zero-order chi connectivity index (χ0) is 26.6. The van der Waals surface area contributed by atoms with E-state index in [0.29, 0.717) is 13.0 Å². The summed E-state index contributed by atoms with van der Waals surface area (Å²) < 4.78 is 5.17. The Morgan fingerprint density at radius 3 is 2.22 bits per heavy atom. The van der Waals surface area contributed by atoms with Gasteiger partial charge in [-0.15, -0.1) is 0 Å². The van der Waals surface area contributed by atoms with E-state index in [4.69, 9.17) is 4.74 Å². The molecule has 0 spiro atoms. The molecular formula is C28H33N5O4. The van der Waals surface area contributed by atoms with Gasteiger partial charge in [0.15, 0.2) is 0 Å². The summed E-state index contributed by atoms with van der Waals surface area (Å²) in [6.45, 7) is 4.27. The highest BCUT2D eigenvalue weighted by Crippen LogP contribution is 2.12. The summed E-state index contributed by atoms with van der Waals surface area (Å²) in [6.07, 6.45) is 4.90. The third-order valence-corrected chi connectivity index (χ3v) is 5.67. The first-order valence-electron chi connectivity index (χ1n) is 12.2. The average molecular weight is 504 g/mol. The molecule has 3 rings (SSSR count). The highest BCUT2D eigenvalue weighted by molar-refractivity contribution is 5.97. The second kappa shape index (κ2) is 13.7. The molecule has 9 nitrogen and oxygen atoms in total. The molecule has 0 fully saturated rings. The van der Waals surface area contributed by atoms with Crippen LogP contribution in [0.3, 0.4) is 0 Å². The minimum atomic E-state index is -0.916. The minimum absolute atomic E-state index is 0.101. The van der Waals surface area contributed by atoms with Crippen LogP contribution in [0.1, 0.15) is 41.9 Å². The van der Waals surface area contributed by atoms with E-state index in [0.717, 1.165) is 16.9 Å². The van der Waals surface area contributed by atoms with E-state index in [2.05, 4.69) is 25.9 Å². The maximum atomic E-state index is 13.4. The Bertz CT molecular complexity index is 1150. The molecule has 0 aliphatic carbocycles. The van der Waals surface area contributed by atoms with Crippen molar-refractivity contribution in [2.75, 3.05) is 7.11 Å². The van der Waals surface area contributed by atoms with Gasteiger partial charge in [0.25, 0.3) is 5.91 Å². The van der Waals surface area contributed by atoms with E-state index in [1.165, 1.54) is 18.6 Å². The van der Waals surface area contributed by atoms with E-state index >= 15 is 0 Å². The second-order valence-electron chi connectivity index (χ2n) is 9.06.